The Morgan fingerprint density at radius 3 is 2.79 bits per heavy atom. The molecule has 2 rings (SSSR count). The summed E-state index contributed by atoms with van der Waals surface area (Å²) in [5, 5.41) is 0. The Labute approximate surface area is 113 Å². The summed E-state index contributed by atoms with van der Waals surface area (Å²) in [6, 6.07) is 0. The van der Waals surface area contributed by atoms with Crippen molar-refractivity contribution >= 4 is 5.91 Å². The van der Waals surface area contributed by atoms with E-state index in [1.54, 1.807) is 0 Å². The van der Waals surface area contributed by atoms with Crippen LogP contribution in [0, 0.1) is 0 Å². The Morgan fingerprint density at radius 1 is 0.895 bits per heavy atom. The van der Waals surface area contributed by atoms with Crippen molar-refractivity contribution in [1.82, 2.24) is 10.9 Å². The van der Waals surface area contributed by atoms with Crippen molar-refractivity contribution in [3.05, 3.63) is 72.0 Å². The molecule has 0 aromatic carbocycles. The Bertz CT molecular complexity index is 505. The lowest BCUT2D eigenvalue weighted by atomic mass is 10.1. The predicted molar refractivity (Wildman–Crippen MR) is 77.9 cm³/mol. The lowest BCUT2D eigenvalue weighted by Gasteiger charge is -2.11. The van der Waals surface area contributed by atoms with Crippen molar-refractivity contribution in [1.29, 1.82) is 0 Å². The first kappa shape index (κ1) is 13.1. The summed E-state index contributed by atoms with van der Waals surface area (Å²) in [5.74, 6) is -0.0886. The Kier molecular flexibility index (Phi) is 4.99. The Morgan fingerprint density at radius 2 is 1.84 bits per heavy atom. The smallest absolute Gasteiger partial charge is 0.265 e. The Balaban J connectivity index is 1.90. The summed E-state index contributed by atoms with van der Waals surface area (Å²) in [4.78, 5) is 12.0. The SMILES string of the molecule is O=C(NNC1=CC=CC=CC1)/C1=C/C=C\CC=CC1. The highest BCUT2D eigenvalue weighted by Crippen LogP contribution is 2.08. The van der Waals surface area contributed by atoms with Gasteiger partial charge in [-0.25, -0.2) is 0 Å². The van der Waals surface area contributed by atoms with E-state index < -0.39 is 0 Å². The molecule has 0 saturated heterocycles. The molecule has 0 heterocycles. The van der Waals surface area contributed by atoms with Gasteiger partial charge in [-0.05, 0) is 18.9 Å². The van der Waals surface area contributed by atoms with Gasteiger partial charge in [-0.2, -0.15) is 0 Å². The molecule has 0 aromatic rings. The van der Waals surface area contributed by atoms with Gasteiger partial charge >= 0.3 is 0 Å². The molecule has 19 heavy (non-hydrogen) atoms. The number of nitrogens with one attached hydrogen (secondary N) is 2. The lowest BCUT2D eigenvalue weighted by Crippen LogP contribution is -2.37. The van der Waals surface area contributed by atoms with Crippen LogP contribution in [0.25, 0.3) is 0 Å². The molecule has 98 valence electrons. The second-order valence-electron chi connectivity index (χ2n) is 4.32. The average molecular weight is 254 g/mol. The first-order chi connectivity index (χ1) is 9.36. The molecule has 0 atom stereocenters. The minimum atomic E-state index is -0.0886. The zero-order chi connectivity index (χ0) is 13.3. The van der Waals surface area contributed by atoms with Crippen molar-refractivity contribution in [3.63, 3.8) is 0 Å². The molecule has 2 aliphatic rings. The van der Waals surface area contributed by atoms with Crippen molar-refractivity contribution in [3.8, 4) is 0 Å². The first-order valence-electron chi connectivity index (χ1n) is 6.45. The van der Waals surface area contributed by atoms with Gasteiger partial charge in [0.05, 0.1) is 0 Å². The van der Waals surface area contributed by atoms with E-state index in [-0.39, 0.29) is 5.91 Å². The summed E-state index contributed by atoms with van der Waals surface area (Å²) in [7, 11) is 0. The number of hydrogen-bond donors (Lipinski definition) is 2. The van der Waals surface area contributed by atoms with Gasteiger partial charge < -0.3 is 5.43 Å². The van der Waals surface area contributed by atoms with Crippen LogP contribution < -0.4 is 10.9 Å². The number of rotatable bonds is 3. The quantitative estimate of drug-likeness (QED) is 0.600. The first-order valence-corrected chi connectivity index (χ1v) is 6.45. The minimum absolute atomic E-state index is 0.0886. The van der Waals surface area contributed by atoms with Gasteiger partial charge in [0.1, 0.15) is 0 Å². The second-order valence-corrected chi connectivity index (χ2v) is 4.32. The average Bonchev–Trinajstić information content (AvgIpc) is 2.64. The molecule has 1 amide bonds. The summed E-state index contributed by atoms with van der Waals surface area (Å²) in [6.45, 7) is 0. The molecule has 0 saturated carbocycles. The molecule has 0 aromatic heterocycles. The maximum absolute atomic E-state index is 12.0. The molecule has 0 radical (unpaired) electrons. The third-order valence-electron chi connectivity index (χ3n) is 2.83. The summed E-state index contributed by atoms with van der Waals surface area (Å²) < 4.78 is 0. The zero-order valence-electron chi connectivity index (χ0n) is 10.8. The molecule has 0 aliphatic heterocycles. The molecular weight excluding hydrogens is 236 g/mol. The van der Waals surface area contributed by atoms with Crippen molar-refractivity contribution in [2.24, 2.45) is 0 Å². The summed E-state index contributed by atoms with van der Waals surface area (Å²) in [6.07, 6.45) is 22.1. The summed E-state index contributed by atoms with van der Waals surface area (Å²) in [5.41, 5.74) is 7.42. The maximum Gasteiger partial charge on any atom is 0.265 e. The number of allylic oxidation sites excluding steroid dienone is 10. The summed E-state index contributed by atoms with van der Waals surface area (Å²) >= 11 is 0. The van der Waals surface area contributed by atoms with Crippen molar-refractivity contribution in [2.75, 3.05) is 0 Å². The van der Waals surface area contributed by atoms with Gasteiger partial charge in [0.25, 0.3) is 5.91 Å². The third kappa shape index (κ3) is 4.47. The number of carbonyl (C=O) groups is 1. The van der Waals surface area contributed by atoms with Gasteiger partial charge in [-0.3, -0.25) is 10.2 Å². The molecule has 0 spiro atoms. The van der Waals surface area contributed by atoms with E-state index in [1.165, 1.54) is 0 Å². The predicted octanol–water partition coefficient (Wildman–Crippen LogP) is 2.84. The van der Waals surface area contributed by atoms with Gasteiger partial charge in [0.15, 0.2) is 0 Å². The van der Waals surface area contributed by atoms with Gasteiger partial charge in [0.2, 0.25) is 0 Å². The molecule has 2 aliphatic carbocycles. The van der Waals surface area contributed by atoms with E-state index in [4.69, 9.17) is 0 Å². The topological polar surface area (TPSA) is 41.1 Å². The van der Waals surface area contributed by atoms with Crippen LogP contribution in [0.4, 0.5) is 0 Å². The van der Waals surface area contributed by atoms with Crippen molar-refractivity contribution in [2.45, 2.75) is 19.3 Å². The van der Waals surface area contributed by atoms with Crippen LogP contribution in [0.3, 0.4) is 0 Å². The number of carbonyl (C=O) groups excluding carboxylic acids is 1. The van der Waals surface area contributed by atoms with Crippen LogP contribution in [-0.4, -0.2) is 5.91 Å². The van der Waals surface area contributed by atoms with E-state index in [9.17, 15) is 4.79 Å². The number of amides is 1. The Hall–Kier alpha value is -2.29. The molecule has 3 nitrogen and oxygen atoms in total. The monoisotopic (exact) mass is 254 g/mol. The minimum Gasteiger partial charge on any atom is -0.302 e. The zero-order valence-corrected chi connectivity index (χ0v) is 10.8. The highest BCUT2D eigenvalue weighted by atomic mass is 16.2. The van der Waals surface area contributed by atoms with E-state index in [1.807, 2.05) is 54.7 Å². The second kappa shape index (κ2) is 7.21. The van der Waals surface area contributed by atoms with Crippen LogP contribution in [0.1, 0.15) is 19.3 Å². The highest BCUT2D eigenvalue weighted by Gasteiger charge is 2.07. The van der Waals surface area contributed by atoms with Crippen LogP contribution in [-0.2, 0) is 4.79 Å². The fraction of sp³-hybridized carbons (Fsp3) is 0.188. The standard InChI is InChI=1S/C16H18N2O/c19-16(14-10-6-2-1-3-7-11-14)18-17-15-12-8-4-5-9-13-15/h2-10,12,17H,1,11,13H2,(H,18,19)/b6-2-,7-3?,14-10+. The van der Waals surface area contributed by atoms with Crippen LogP contribution in [0.5, 0.6) is 0 Å². The van der Waals surface area contributed by atoms with E-state index in [0.717, 1.165) is 24.1 Å². The van der Waals surface area contributed by atoms with Gasteiger partial charge in [-0.15, -0.1) is 0 Å². The normalized spacial score (nSPS) is 22.3. The molecule has 0 fully saturated rings. The van der Waals surface area contributed by atoms with E-state index in [2.05, 4.69) is 16.9 Å². The van der Waals surface area contributed by atoms with Crippen LogP contribution >= 0.6 is 0 Å². The molecular formula is C16H18N2O. The molecule has 0 unspecified atom stereocenters. The fourth-order valence-corrected chi connectivity index (χ4v) is 1.77. The number of hydrazine groups is 1. The molecule has 2 N–H and O–H groups in total. The van der Waals surface area contributed by atoms with Crippen LogP contribution in [0.2, 0.25) is 0 Å². The maximum atomic E-state index is 12.0. The van der Waals surface area contributed by atoms with Gasteiger partial charge in [0, 0.05) is 17.7 Å². The fourth-order valence-electron chi connectivity index (χ4n) is 1.77. The number of hydrogen-bond acceptors (Lipinski definition) is 2. The molecule has 0 bridgehead atoms. The van der Waals surface area contributed by atoms with E-state index >= 15 is 0 Å². The lowest BCUT2D eigenvalue weighted by molar-refractivity contribution is -0.118. The third-order valence-corrected chi connectivity index (χ3v) is 2.83. The van der Waals surface area contributed by atoms with E-state index in [0.29, 0.717) is 6.42 Å². The van der Waals surface area contributed by atoms with Crippen LogP contribution in [0.15, 0.2) is 72.0 Å². The molecule has 3 heteroatoms. The van der Waals surface area contributed by atoms with Gasteiger partial charge in [-0.1, -0.05) is 54.7 Å². The largest absolute Gasteiger partial charge is 0.302 e. The van der Waals surface area contributed by atoms with Crippen molar-refractivity contribution < 1.29 is 4.79 Å². The highest BCUT2D eigenvalue weighted by molar-refractivity contribution is 5.93.